The van der Waals surface area contributed by atoms with Crippen molar-refractivity contribution < 1.29 is 33.0 Å². The number of hydrogen-bond donors (Lipinski definition) is 1. The third kappa shape index (κ3) is 7.69. The minimum absolute atomic E-state index is 0.0252. The van der Waals surface area contributed by atoms with Gasteiger partial charge in [-0.15, -0.1) is 21.5 Å². The van der Waals surface area contributed by atoms with Gasteiger partial charge in [-0.1, -0.05) is 0 Å². The number of carbonyl (C=O) groups is 2. The molecule has 0 bridgehead atoms. The van der Waals surface area contributed by atoms with Gasteiger partial charge < -0.3 is 28.3 Å². The Morgan fingerprint density at radius 1 is 1.14 bits per heavy atom. The van der Waals surface area contributed by atoms with Crippen LogP contribution in [0.5, 0.6) is 17.2 Å². The summed E-state index contributed by atoms with van der Waals surface area (Å²) < 4.78 is 27.9. The third-order valence-corrected chi connectivity index (χ3v) is 7.04. The van der Waals surface area contributed by atoms with Gasteiger partial charge in [0, 0.05) is 56.1 Å². The Bertz CT molecular complexity index is 1520. The summed E-state index contributed by atoms with van der Waals surface area (Å²) in [4.78, 5) is 31.5. The van der Waals surface area contributed by atoms with Crippen LogP contribution in [0.25, 0.3) is 11.5 Å². The lowest BCUT2D eigenvalue weighted by Crippen LogP contribution is -2.42. The number of hydrogen-bond acceptors (Lipinski definition) is 11. The maximum atomic E-state index is 13.3. The van der Waals surface area contributed by atoms with Gasteiger partial charge in [-0.2, -0.15) is 0 Å². The number of anilines is 1. The lowest BCUT2D eigenvalue weighted by atomic mass is 10.1. The fourth-order valence-corrected chi connectivity index (χ4v) is 4.97. The molecule has 0 spiro atoms. The van der Waals surface area contributed by atoms with Gasteiger partial charge in [0.2, 0.25) is 17.7 Å². The Labute approximate surface area is 246 Å². The molecule has 42 heavy (non-hydrogen) atoms. The average molecular weight is 594 g/mol. The molecule has 1 fully saturated rings. The SMILES string of the molecule is COC[C@H](C)Oc1cc(Oc2ccc(-c3nnc(C)o3)cc2)cc(C(=O)Nc2nc(CCN3CCOCC3=O)cs2)c1. The Morgan fingerprint density at radius 2 is 1.95 bits per heavy atom. The van der Waals surface area contributed by atoms with Crippen molar-refractivity contribution in [2.75, 3.05) is 45.3 Å². The first-order chi connectivity index (χ1) is 20.4. The summed E-state index contributed by atoms with van der Waals surface area (Å²) in [6.45, 7) is 5.75. The molecule has 4 aromatic rings. The van der Waals surface area contributed by atoms with Crippen LogP contribution in [0.2, 0.25) is 0 Å². The normalized spacial score (nSPS) is 14.1. The zero-order valence-electron chi connectivity index (χ0n) is 23.5. The molecule has 220 valence electrons. The number of morpholine rings is 1. The van der Waals surface area contributed by atoms with Crippen LogP contribution in [0.4, 0.5) is 5.13 Å². The van der Waals surface area contributed by atoms with Gasteiger partial charge >= 0.3 is 0 Å². The molecule has 0 aliphatic carbocycles. The number of methoxy groups -OCH3 is 1. The van der Waals surface area contributed by atoms with Crippen molar-refractivity contribution in [3.05, 3.63) is 65.0 Å². The summed E-state index contributed by atoms with van der Waals surface area (Å²) in [6.07, 6.45) is 0.333. The van der Waals surface area contributed by atoms with Crippen LogP contribution < -0.4 is 14.8 Å². The average Bonchev–Trinajstić information content (AvgIpc) is 3.61. The molecule has 5 rings (SSSR count). The number of nitrogens with zero attached hydrogens (tertiary/aromatic N) is 4. The number of rotatable bonds is 12. The summed E-state index contributed by atoms with van der Waals surface area (Å²) in [5, 5.41) is 13.1. The Hall–Kier alpha value is -4.33. The maximum Gasteiger partial charge on any atom is 0.257 e. The zero-order valence-corrected chi connectivity index (χ0v) is 24.3. The van der Waals surface area contributed by atoms with Crippen molar-refractivity contribution in [3.8, 4) is 28.7 Å². The first kappa shape index (κ1) is 29.2. The second-order valence-corrected chi connectivity index (χ2v) is 10.5. The molecule has 3 heterocycles. The molecule has 1 saturated heterocycles. The van der Waals surface area contributed by atoms with Crippen molar-refractivity contribution in [3.63, 3.8) is 0 Å². The fraction of sp³-hybridized carbons (Fsp3) is 0.345. The van der Waals surface area contributed by atoms with Crippen molar-refractivity contribution in [2.24, 2.45) is 0 Å². The molecular formula is C29H31N5O7S. The zero-order chi connectivity index (χ0) is 29.5. The molecule has 0 radical (unpaired) electrons. The molecule has 12 nitrogen and oxygen atoms in total. The Balaban J connectivity index is 1.28. The van der Waals surface area contributed by atoms with E-state index in [9.17, 15) is 9.59 Å². The molecule has 2 aromatic heterocycles. The molecule has 1 aliphatic heterocycles. The molecule has 13 heteroatoms. The Morgan fingerprint density at radius 3 is 2.69 bits per heavy atom. The van der Waals surface area contributed by atoms with Crippen LogP contribution in [-0.2, 0) is 20.7 Å². The number of benzene rings is 2. The standard InChI is InChI=1S/C29H31N5O7S/c1-18(15-37-3)39-24-12-21(13-25(14-24)41-23-6-4-20(5-7-23)28-33-32-19(2)40-28)27(36)31-29-30-22(17-42-29)8-9-34-10-11-38-16-26(34)35/h4-7,12-14,17-18H,8-11,15-16H2,1-3H3,(H,30,31,36)/t18-/m0/s1. The van der Waals surface area contributed by atoms with E-state index in [0.29, 0.717) is 72.4 Å². The molecular weight excluding hydrogens is 562 g/mol. The molecule has 0 saturated carbocycles. The van der Waals surface area contributed by atoms with Crippen LogP contribution in [-0.4, -0.2) is 78.0 Å². The second-order valence-electron chi connectivity index (χ2n) is 9.61. The van der Waals surface area contributed by atoms with Gasteiger partial charge in [-0.05, 0) is 43.3 Å². The van der Waals surface area contributed by atoms with E-state index in [1.54, 1.807) is 49.3 Å². The lowest BCUT2D eigenvalue weighted by Gasteiger charge is -2.26. The maximum absolute atomic E-state index is 13.3. The van der Waals surface area contributed by atoms with E-state index >= 15 is 0 Å². The summed E-state index contributed by atoms with van der Waals surface area (Å²) in [5.74, 6) is 1.93. The molecule has 2 aromatic carbocycles. The monoisotopic (exact) mass is 593 g/mol. The van der Waals surface area contributed by atoms with E-state index in [1.807, 2.05) is 24.4 Å². The fourth-order valence-electron chi connectivity index (χ4n) is 4.23. The van der Waals surface area contributed by atoms with E-state index in [2.05, 4.69) is 20.5 Å². The highest BCUT2D eigenvalue weighted by Gasteiger charge is 2.19. The molecule has 0 unspecified atom stereocenters. The summed E-state index contributed by atoms with van der Waals surface area (Å²) in [7, 11) is 1.60. The first-order valence-corrected chi connectivity index (χ1v) is 14.2. The summed E-state index contributed by atoms with van der Waals surface area (Å²) in [6, 6.07) is 12.2. The first-order valence-electron chi connectivity index (χ1n) is 13.4. The molecule has 1 atom stereocenters. The number of nitrogens with one attached hydrogen (secondary N) is 1. The molecule has 1 N–H and O–H groups in total. The number of carbonyl (C=O) groups excluding carboxylic acids is 2. The van der Waals surface area contributed by atoms with Gasteiger partial charge in [-0.3, -0.25) is 14.9 Å². The van der Waals surface area contributed by atoms with Crippen molar-refractivity contribution >= 4 is 28.3 Å². The highest BCUT2D eigenvalue weighted by molar-refractivity contribution is 7.14. The van der Waals surface area contributed by atoms with E-state index in [4.69, 9.17) is 23.4 Å². The number of aromatic nitrogens is 3. The summed E-state index contributed by atoms with van der Waals surface area (Å²) in [5.41, 5.74) is 1.89. The van der Waals surface area contributed by atoms with Gasteiger partial charge in [0.25, 0.3) is 5.91 Å². The van der Waals surface area contributed by atoms with Crippen molar-refractivity contribution in [1.29, 1.82) is 0 Å². The molecule has 2 amide bonds. The minimum atomic E-state index is -0.365. The van der Waals surface area contributed by atoms with Crippen molar-refractivity contribution in [1.82, 2.24) is 20.1 Å². The second kappa shape index (κ2) is 13.6. The van der Waals surface area contributed by atoms with E-state index in [1.165, 1.54) is 11.3 Å². The minimum Gasteiger partial charge on any atom is -0.488 e. The van der Waals surface area contributed by atoms with Gasteiger partial charge in [0.05, 0.1) is 18.9 Å². The summed E-state index contributed by atoms with van der Waals surface area (Å²) >= 11 is 1.32. The topological polar surface area (TPSA) is 138 Å². The Kier molecular flexibility index (Phi) is 9.41. The molecule has 1 aliphatic rings. The van der Waals surface area contributed by atoms with Crippen LogP contribution >= 0.6 is 11.3 Å². The van der Waals surface area contributed by atoms with Crippen molar-refractivity contribution in [2.45, 2.75) is 26.4 Å². The predicted octanol–water partition coefficient (Wildman–Crippen LogP) is 4.36. The number of amides is 2. The van der Waals surface area contributed by atoms with Gasteiger partial charge in [0.1, 0.15) is 30.0 Å². The van der Waals surface area contributed by atoms with Crippen LogP contribution in [0.1, 0.15) is 28.9 Å². The lowest BCUT2D eigenvalue weighted by molar-refractivity contribution is -0.142. The van der Waals surface area contributed by atoms with Crippen LogP contribution in [0.15, 0.2) is 52.3 Å². The van der Waals surface area contributed by atoms with Gasteiger partial charge in [0.15, 0.2) is 5.13 Å². The third-order valence-electron chi connectivity index (χ3n) is 6.24. The van der Waals surface area contributed by atoms with Crippen LogP contribution in [0, 0.1) is 6.92 Å². The quantitative estimate of drug-likeness (QED) is 0.252. The largest absolute Gasteiger partial charge is 0.488 e. The van der Waals surface area contributed by atoms with E-state index in [0.717, 1.165) is 11.3 Å². The highest BCUT2D eigenvalue weighted by atomic mass is 32.1. The number of thiazole rings is 1. The highest BCUT2D eigenvalue weighted by Crippen LogP contribution is 2.30. The predicted molar refractivity (Wildman–Crippen MR) is 154 cm³/mol. The van der Waals surface area contributed by atoms with E-state index < -0.39 is 0 Å². The number of aryl methyl sites for hydroxylation is 1. The van der Waals surface area contributed by atoms with Crippen LogP contribution in [0.3, 0.4) is 0 Å². The number of ether oxygens (including phenoxy) is 4. The smallest absolute Gasteiger partial charge is 0.257 e. The van der Waals surface area contributed by atoms with E-state index in [-0.39, 0.29) is 24.5 Å². The van der Waals surface area contributed by atoms with Gasteiger partial charge in [-0.25, -0.2) is 4.98 Å².